The molecule has 1 fully saturated rings. The summed E-state index contributed by atoms with van der Waals surface area (Å²) in [5.74, 6) is 3.38. The van der Waals surface area contributed by atoms with Crippen LogP contribution in [-0.4, -0.2) is 7.11 Å². The molecule has 0 amide bonds. The van der Waals surface area contributed by atoms with Gasteiger partial charge in [-0.25, -0.2) is 4.79 Å². The third-order valence-corrected chi connectivity index (χ3v) is 5.27. The van der Waals surface area contributed by atoms with E-state index in [9.17, 15) is 4.79 Å². The number of methoxy groups -OCH3 is 1. The lowest BCUT2D eigenvalue weighted by Gasteiger charge is -2.40. The molecule has 0 radical (unpaired) electrons. The highest BCUT2D eigenvalue weighted by Crippen LogP contribution is 2.48. The molecule has 0 aromatic carbocycles. The molecule has 2 aliphatic rings. The van der Waals surface area contributed by atoms with Gasteiger partial charge in [-0.3, -0.25) is 0 Å². The van der Waals surface area contributed by atoms with Crippen LogP contribution in [0.4, 0.5) is 0 Å². The summed E-state index contributed by atoms with van der Waals surface area (Å²) in [7, 11) is 1.61. The summed E-state index contributed by atoms with van der Waals surface area (Å²) in [6.07, 6.45) is 9.76. The second kappa shape index (κ2) is 5.70. The van der Waals surface area contributed by atoms with E-state index in [0.29, 0.717) is 35.0 Å². The Bertz CT molecular complexity index is 599. The highest BCUT2D eigenvalue weighted by Gasteiger charge is 2.38. The number of fused-ring (bicyclic) bond motifs is 1. The molecule has 0 aliphatic heterocycles. The summed E-state index contributed by atoms with van der Waals surface area (Å²) >= 11 is 0. The highest BCUT2D eigenvalue weighted by molar-refractivity contribution is 5.32. The topological polar surface area (TPSA) is 39.4 Å². The van der Waals surface area contributed by atoms with E-state index in [0.717, 1.165) is 5.76 Å². The summed E-state index contributed by atoms with van der Waals surface area (Å²) in [6, 6.07) is 1.93. The molecule has 1 heterocycles. The van der Waals surface area contributed by atoms with Gasteiger partial charge in [0.05, 0.1) is 12.7 Å². The van der Waals surface area contributed by atoms with Crippen molar-refractivity contribution in [1.29, 1.82) is 0 Å². The minimum atomic E-state index is -0.265. The van der Waals surface area contributed by atoms with Gasteiger partial charge in [-0.05, 0) is 37.5 Å². The molecule has 3 heteroatoms. The zero-order chi connectivity index (χ0) is 15.0. The second-order valence-corrected chi connectivity index (χ2v) is 6.51. The normalized spacial score (nSPS) is 31.8. The number of allylic oxidation sites excluding steroid dienone is 2. The Morgan fingerprint density at radius 3 is 2.76 bits per heavy atom. The molecule has 114 valence electrons. The van der Waals surface area contributed by atoms with Crippen molar-refractivity contribution in [3.8, 4) is 5.75 Å². The molecule has 0 spiro atoms. The van der Waals surface area contributed by atoms with Crippen LogP contribution >= 0.6 is 0 Å². The highest BCUT2D eigenvalue weighted by atomic mass is 16.5. The van der Waals surface area contributed by atoms with E-state index in [1.807, 2.05) is 6.07 Å². The zero-order valence-corrected chi connectivity index (χ0v) is 13.1. The molecule has 21 heavy (non-hydrogen) atoms. The summed E-state index contributed by atoms with van der Waals surface area (Å²) in [5, 5.41) is 0. The molecule has 1 aromatic rings. The van der Waals surface area contributed by atoms with Crippen LogP contribution < -0.4 is 10.4 Å². The van der Waals surface area contributed by atoms with Crippen molar-refractivity contribution in [2.45, 2.75) is 45.4 Å². The van der Waals surface area contributed by atoms with Crippen molar-refractivity contribution >= 4 is 0 Å². The van der Waals surface area contributed by atoms with Crippen molar-refractivity contribution in [2.24, 2.45) is 17.8 Å². The molecule has 1 saturated carbocycles. The first-order chi connectivity index (χ1) is 10.1. The maximum atomic E-state index is 12.1. The largest absolute Gasteiger partial charge is 0.496 e. The van der Waals surface area contributed by atoms with Crippen molar-refractivity contribution in [2.75, 3.05) is 7.11 Å². The van der Waals surface area contributed by atoms with Gasteiger partial charge in [0.15, 0.2) is 0 Å². The third kappa shape index (κ3) is 2.54. The maximum absolute atomic E-state index is 12.1. The van der Waals surface area contributed by atoms with Gasteiger partial charge >= 0.3 is 5.63 Å². The van der Waals surface area contributed by atoms with Crippen LogP contribution in [0.5, 0.6) is 5.75 Å². The Labute approximate surface area is 126 Å². The fourth-order valence-corrected chi connectivity index (χ4v) is 4.10. The van der Waals surface area contributed by atoms with Crippen LogP contribution in [0.25, 0.3) is 0 Å². The average Bonchev–Trinajstić information content (AvgIpc) is 2.50. The van der Waals surface area contributed by atoms with Crippen LogP contribution in [0.15, 0.2) is 27.4 Å². The van der Waals surface area contributed by atoms with E-state index in [2.05, 4.69) is 19.1 Å². The molecule has 3 rings (SSSR count). The van der Waals surface area contributed by atoms with Gasteiger partial charge in [-0.2, -0.15) is 0 Å². The van der Waals surface area contributed by atoms with Crippen LogP contribution in [0.1, 0.15) is 49.8 Å². The number of rotatable bonds is 2. The average molecular weight is 288 g/mol. The number of hydrogen-bond donors (Lipinski definition) is 0. The molecule has 3 nitrogen and oxygen atoms in total. The lowest BCUT2D eigenvalue weighted by Crippen LogP contribution is -2.31. The molecule has 1 aromatic heterocycles. The fraction of sp³-hybridized carbons (Fsp3) is 0.611. The van der Waals surface area contributed by atoms with Crippen molar-refractivity contribution in [3.05, 3.63) is 40.0 Å². The van der Waals surface area contributed by atoms with Crippen molar-refractivity contribution in [1.82, 2.24) is 0 Å². The van der Waals surface area contributed by atoms with E-state index in [4.69, 9.17) is 9.15 Å². The summed E-state index contributed by atoms with van der Waals surface area (Å²) in [6.45, 7) is 3.97. The van der Waals surface area contributed by atoms with E-state index in [-0.39, 0.29) is 5.63 Å². The van der Waals surface area contributed by atoms with Crippen LogP contribution in [0, 0.1) is 24.7 Å². The van der Waals surface area contributed by atoms with E-state index in [1.54, 1.807) is 14.0 Å². The van der Waals surface area contributed by atoms with Gasteiger partial charge in [0.1, 0.15) is 11.5 Å². The lowest BCUT2D eigenvalue weighted by molar-refractivity contribution is 0.178. The first-order valence-corrected chi connectivity index (χ1v) is 7.98. The van der Waals surface area contributed by atoms with Gasteiger partial charge in [0.25, 0.3) is 0 Å². The monoisotopic (exact) mass is 288 g/mol. The first kappa shape index (κ1) is 14.4. The third-order valence-electron chi connectivity index (χ3n) is 5.27. The zero-order valence-electron chi connectivity index (χ0n) is 13.1. The molecule has 0 saturated heterocycles. The van der Waals surface area contributed by atoms with Gasteiger partial charge < -0.3 is 9.15 Å². The van der Waals surface area contributed by atoms with Crippen LogP contribution in [-0.2, 0) is 0 Å². The molecule has 0 bridgehead atoms. The van der Waals surface area contributed by atoms with Crippen molar-refractivity contribution in [3.63, 3.8) is 0 Å². The molecule has 0 N–H and O–H groups in total. The fourth-order valence-electron chi connectivity index (χ4n) is 4.10. The SMILES string of the molecule is COc1cc(C2[C@@H](C)C=C[C@H]3CCCC[C@@H]23)oc(=O)c1C. The quantitative estimate of drug-likeness (QED) is 0.771. The summed E-state index contributed by atoms with van der Waals surface area (Å²) < 4.78 is 11.0. The van der Waals surface area contributed by atoms with Gasteiger partial charge in [-0.1, -0.05) is 31.9 Å². The molecule has 2 aliphatic carbocycles. The van der Waals surface area contributed by atoms with Gasteiger partial charge in [-0.15, -0.1) is 0 Å². The number of hydrogen-bond acceptors (Lipinski definition) is 3. The molecular formula is C18H24O3. The minimum absolute atomic E-state index is 0.265. The predicted octanol–water partition coefficient (Wildman–Crippen LogP) is 4.05. The first-order valence-electron chi connectivity index (χ1n) is 7.98. The van der Waals surface area contributed by atoms with E-state index in [1.165, 1.54) is 25.7 Å². The smallest absolute Gasteiger partial charge is 0.342 e. The predicted molar refractivity (Wildman–Crippen MR) is 82.8 cm³/mol. The lowest BCUT2D eigenvalue weighted by atomic mass is 9.64. The maximum Gasteiger partial charge on any atom is 0.342 e. The van der Waals surface area contributed by atoms with Gasteiger partial charge in [0.2, 0.25) is 0 Å². The van der Waals surface area contributed by atoms with E-state index < -0.39 is 0 Å². The molecule has 1 unspecified atom stereocenters. The van der Waals surface area contributed by atoms with E-state index >= 15 is 0 Å². The minimum Gasteiger partial charge on any atom is -0.496 e. The Morgan fingerprint density at radius 2 is 2.00 bits per heavy atom. The van der Waals surface area contributed by atoms with Gasteiger partial charge in [0, 0.05) is 12.0 Å². The Kier molecular flexibility index (Phi) is 3.92. The van der Waals surface area contributed by atoms with Crippen LogP contribution in [0.2, 0.25) is 0 Å². The Morgan fingerprint density at radius 1 is 1.24 bits per heavy atom. The Balaban J connectivity index is 2.03. The molecular weight excluding hydrogens is 264 g/mol. The second-order valence-electron chi connectivity index (χ2n) is 6.51. The van der Waals surface area contributed by atoms with Crippen molar-refractivity contribution < 1.29 is 9.15 Å². The standard InChI is InChI=1S/C18H24O3/c1-11-8-9-13-6-4-5-7-14(13)17(11)16-10-15(20-3)12(2)18(19)21-16/h8-11,13-14,17H,4-7H2,1-3H3/t11-,13+,14+,17?/m0/s1. The summed E-state index contributed by atoms with van der Waals surface area (Å²) in [5.41, 5.74) is 0.291. The number of ether oxygens (including phenoxy) is 1. The molecule has 4 atom stereocenters. The summed E-state index contributed by atoms with van der Waals surface area (Å²) in [4.78, 5) is 12.1. The Hall–Kier alpha value is -1.51. The van der Waals surface area contributed by atoms with Crippen LogP contribution in [0.3, 0.4) is 0 Å².